The van der Waals surface area contributed by atoms with E-state index in [1.165, 1.54) is 38.6 Å². The molecule has 3 nitrogen and oxygen atoms in total. The number of hydrogen-bond acceptors (Lipinski definition) is 3. The zero-order valence-corrected chi connectivity index (χ0v) is 13.1. The fourth-order valence-corrected chi connectivity index (χ4v) is 3.28. The quantitative estimate of drug-likeness (QED) is 0.685. The zero-order chi connectivity index (χ0) is 13.7. The molecule has 0 aromatic rings. The molecule has 0 aromatic carbocycles. The standard InChI is InChI=1S/C16H32N2O/c1-4-6-10-19-11-9-18-13-16(3,14-7-8-14)17-12-15(18)5-2/h14-15,17H,4-13H2,1-3H3. The number of rotatable bonds is 8. The van der Waals surface area contributed by atoms with Crippen LogP contribution in [0.15, 0.2) is 0 Å². The van der Waals surface area contributed by atoms with Gasteiger partial charge in [0.25, 0.3) is 0 Å². The van der Waals surface area contributed by atoms with Crippen LogP contribution >= 0.6 is 0 Å². The highest BCUT2D eigenvalue weighted by atomic mass is 16.5. The summed E-state index contributed by atoms with van der Waals surface area (Å²) in [5, 5.41) is 3.82. The first-order valence-corrected chi connectivity index (χ1v) is 8.26. The average molecular weight is 268 g/mol. The van der Waals surface area contributed by atoms with Crippen LogP contribution < -0.4 is 5.32 Å². The van der Waals surface area contributed by atoms with Crippen LogP contribution in [0.25, 0.3) is 0 Å². The Morgan fingerprint density at radius 2 is 2.05 bits per heavy atom. The summed E-state index contributed by atoms with van der Waals surface area (Å²) < 4.78 is 5.75. The second-order valence-electron chi connectivity index (χ2n) is 6.57. The molecule has 2 atom stereocenters. The van der Waals surface area contributed by atoms with E-state index in [2.05, 4.69) is 31.0 Å². The fraction of sp³-hybridized carbons (Fsp3) is 1.00. The van der Waals surface area contributed by atoms with Gasteiger partial charge in [-0.2, -0.15) is 0 Å². The van der Waals surface area contributed by atoms with Crippen LogP contribution in [0, 0.1) is 5.92 Å². The van der Waals surface area contributed by atoms with Crippen molar-refractivity contribution >= 4 is 0 Å². The molecule has 19 heavy (non-hydrogen) atoms. The maximum Gasteiger partial charge on any atom is 0.0593 e. The predicted molar refractivity (Wildman–Crippen MR) is 80.5 cm³/mol. The van der Waals surface area contributed by atoms with Crippen LogP contribution in [0.3, 0.4) is 0 Å². The van der Waals surface area contributed by atoms with Gasteiger partial charge in [0.15, 0.2) is 0 Å². The Kier molecular flexibility index (Phi) is 5.67. The van der Waals surface area contributed by atoms with Gasteiger partial charge in [-0.15, -0.1) is 0 Å². The van der Waals surface area contributed by atoms with Gasteiger partial charge in [0, 0.05) is 37.8 Å². The third kappa shape index (κ3) is 4.17. The average Bonchev–Trinajstić information content (AvgIpc) is 3.23. The van der Waals surface area contributed by atoms with E-state index in [0.717, 1.165) is 32.2 Å². The Hall–Kier alpha value is -0.120. The van der Waals surface area contributed by atoms with Crippen molar-refractivity contribution in [3.8, 4) is 0 Å². The lowest BCUT2D eigenvalue weighted by atomic mass is 9.90. The van der Waals surface area contributed by atoms with Crippen molar-refractivity contribution in [1.82, 2.24) is 10.2 Å². The lowest BCUT2D eigenvalue weighted by molar-refractivity contribution is 0.0367. The Labute approximate surface area is 119 Å². The molecule has 112 valence electrons. The smallest absolute Gasteiger partial charge is 0.0593 e. The molecule has 1 saturated carbocycles. The van der Waals surface area contributed by atoms with Gasteiger partial charge in [-0.05, 0) is 38.5 Å². The van der Waals surface area contributed by atoms with Crippen molar-refractivity contribution in [1.29, 1.82) is 0 Å². The predicted octanol–water partition coefficient (Wildman–Crippen LogP) is 2.66. The molecular formula is C16H32N2O. The van der Waals surface area contributed by atoms with Crippen molar-refractivity contribution in [2.45, 2.75) is 64.5 Å². The summed E-state index contributed by atoms with van der Waals surface area (Å²) in [5.41, 5.74) is 0.356. The van der Waals surface area contributed by atoms with Crippen LogP contribution in [0.5, 0.6) is 0 Å². The highest BCUT2D eigenvalue weighted by Crippen LogP contribution is 2.41. The Balaban J connectivity index is 1.77. The van der Waals surface area contributed by atoms with Crippen LogP contribution in [0.4, 0.5) is 0 Å². The van der Waals surface area contributed by atoms with Crippen molar-refractivity contribution in [3.05, 3.63) is 0 Å². The lowest BCUT2D eigenvalue weighted by Crippen LogP contribution is -2.64. The monoisotopic (exact) mass is 268 g/mol. The molecule has 0 aromatic heterocycles. The molecule has 1 saturated heterocycles. The first kappa shape index (κ1) is 15.3. The van der Waals surface area contributed by atoms with Crippen LogP contribution in [0.1, 0.15) is 52.9 Å². The van der Waals surface area contributed by atoms with Crippen molar-refractivity contribution < 1.29 is 4.74 Å². The third-order valence-electron chi connectivity index (χ3n) is 4.90. The van der Waals surface area contributed by atoms with Crippen LogP contribution in [-0.4, -0.2) is 49.3 Å². The topological polar surface area (TPSA) is 24.5 Å². The highest BCUT2D eigenvalue weighted by Gasteiger charge is 2.45. The SMILES string of the molecule is CCCCOCCN1CC(C)(C2CC2)NCC1CC. The Bertz CT molecular complexity index is 267. The molecule has 2 aliphatic rings. The first-order valence-electron chi connectivity index (χ1n) is 8.26. The van der Waals surface area contributed by atoms with E-state index in [9.17, 15) is 0 Å². The molecule has 1 heterocycles. The van der Waals surface area contributed by atoms with E-state index in [-0.39, 0.29) is 0 Å². The number of nitrogens with zero attached hydrogens (tertiary/aromatic N) is 1. The molecule has 2 unspecified atom stereocenters. The summed E-state index contributed by atoms with van der Waals surface area (Å²) in [7, 11) is 0. The minimum atomic E-state index is 0.356. The van der Waals surface area contributed by atoms with E-state index >= 15 is 0 Å². The fourth-order valence-electron chi connectivity index (χ4n) is 3.28. The molecule has 2 rings (SSSR count). The summed E-state index contributed by atoms with van der Waals surface area (Å²) in [5.74, 6) is 0.911. The largest absolute Gasteiger partial charge is 0.380 e. The molecule has 1 aliphatic carbocycles. The van der Waals surface area contributed by atoms with Crippen LogP contribution in [0.2, 0.25) is 0 Å². The third-order valence-corrected chi connectivity index (χ3v) is 4.90. The van der Waals surface area contributed by atoms with E-state index in [1.807, 2.05) is 0 Å². The number of unbranched alkanes of at least 4 members (excludes halogenated alkanes) is 1. The number of nitrogens with one attached hydrogen (secondary N) is 1. The molecule has 0 spiro atoms. The molecule has 1 aliphatic heterocycles. The van der Waals surface area contributed by atoms with Gasteiger partial charge >= 0.3 is 0 Å². The molecule has 0 bridgehead atoms. The van der Waals surface area contributed by atoms with Gasteiger partial charge in [-0.25, -0.2) is 0 Å². The highest BCUT2D eigenvalue weighted by molar-refractivity contribution is 5.03. The van der Waals surface area contributed by atoms with E-state index in [1.54, 1.807) is 0 Å². The van der Waals surface area contributed by atoms with Crippen LogP contribution in [-0.2, 0) is 4.74 Å². The summed E-state index contributed by atoms with van der Waals surface area (Å²) in [6.45, 7) is 12.2. The molecule has 3 heteroatoms. The summed E-state index contributed by atoms with van der Waals surface area (Å²) in [4.78, 5) is 2.67. The molecule has 1 N–H and O–H groups in total. The van der Waals surface area contributed by atoms with Crippen molar-refractivity contribution in [2.24, 2.45) is 5.92 Å². The van der Waals surface area contributed by atoms with E-state index in [0.29, 0.717) is 11.6 Å². The molecule has 2 fully saturated rings. The normalized spacial score (nSPS) is 32.7. The summed E-state index contributed by atoms with van der Waals surface area (Å²) in [6.07, 6.45) is 6.49. The summed E-state index contributed by atoms with van der Waals surface area (Å²) >= 11 is 0. The number of ether oxygens (including phenoxy) is 1. The van der Waals surface area contributed by atoms with Crippen molar-refractivity contribution in [2.75, 3.05) is 32.8 Å². The number of hydrogen-bond donors (Lipinski definition) is 1. The minimum absolute atomic E-state index is 0.356. The molecule has 0 radical (unpaired) electrons. The van der Waals surface area contributed by atoms with Gasteiger partial charge in [0.05, 0.1) is 6.61 Å². The first-order chi connectivity index (χ1) is 9.19. The molecule has 0 amide bonds. The summed E-state index contributed by atoms with van der Waals surface area (Å²) in [6, 6.07) is 0.696. The van der Waals surface area contributed by atoms with Gasteiger partial charge in [0.2, 0.25) is 0 Å². The van der Waals surface area contributed by atoms with E-state index in [4.69, 9.17) is 4.74 Å². The second-order valence-corrected chi connectivity index (χ2v) is 6.57. The Morgan fingerprint density at radius 3 is 2.68 bits per heavy atom. The van der Waals surface area contributed by atoms with Crippen molar-refractivity contribution in [3.63, 3.8) is 0 Å². The van der Waals surface area contributed by atoms with Gasteiger partial charge in [-0.1, -0.05) is 20.3 Å². The maximum absolute atomic E-state index is 5.75. The second kappa shape index (κ2) is 7.05. The van der Waals surface area contributed by atoms with Gasteiger partial charge in [0.1, 0.15) is 0 Å². The Morgan fingerprint density at radius 1 is 1.26 bits per heavy atom. The number of piperazine rings is 1. The zero-order valence-electron chi connectivity index (χ0n) is 13.1. The minimum Gasteiger partial charge on any atom is -0.380 e. The maximum atomic E-state index is 5.75. The lowest BCUT2D eigenvalue weighted by Gasteiger charge is -2.46. The van der Waals surface area contributed by atoms with Gasteiger partial charge in [-0.3, -0.25) is 4.90 Å². The van der Waals surface area contributed by atoms with E-state index < -0.39 is 0 Å². The molecular weight excluding hydrogens is 236 g/mol. The van der Waals surface area contributed by atoms with Gasteiger partial charge < -0.3 is 10.1 Å².